The third-order valence-corrected chi connectivity index (χ3v) is 4.46. The second kappa shape index (κ2) is 6.78. The van der Waals surface area contributed by atoms with E-state index in [1.807, 2.05) is 0 Å². The van der Waals surface area contributed by atoms with Crippen LogP contribution in [0.15, 0.2) is 5.16 Å². The van der Waals surface area contributed by atoms with Gasteiger partial charge in [0.1, 0.15) is 5.41 Å². The first-order valence-electron chi connectivity index (χ1n) is 7.20. The van der Waals surface area contributed by atoms with E-state index in [1.54, 1.807) is 0 Å². The van der Waals surface area contributed by atoms with Crippen LogP contribution in [0.3, 0.4) is 0 Å². The predicted molar refractivity (Wildman–Crippen MR) is 75.9 cm³/mol. The van der Waals surface area contributed by atoms with Crippen molar-refractivity contribution in [3.05, 3.63) is 0 Å². The van der Waals surface area contributed by atoms with Gasteiger partial charge in [-0.05, 0) is 24.7 Å². The van der Waals surface area contributed by atoms with Crippen LogP contribution < -0.4 is 11.1 Å². The molecule has 1 aliphatic rings. The molecule has 0 spiro atoms. The highest BCUT2D eigenvalue weighted by Crippen LogP contribution is 2.36. The normalized spacial score (nSPS) is 21.2. The van der Waals surface area contributed by atoms with Gasteiger partial charge in [0.05, 0.1) is 0 Å². The number of nitrogens with one attached hydrogen (secondary N) is 1. The molecule has 1 fully saturated rings. The standard InChI is InChI=1S/C14H27N3O2/c1-10(2)11(3)9-16-13(18)14(12(15)17-19)7-5-4-6-8-14/h10-11,19H,4-9H2,1-3H3,(H2,15,17)(H,16,18). The minimum absolute atomic E-state index is 0.0573. The third kappa shape index (κ3) is 3.61. The molecule has 0 aromatic rings. The summed E-state index contributed by atoms with van der Waals surface area (Å²) in [4.78, 5) is 12.5. The van der Waals surface area contributed by atoms with Gasteiger partial charge in [-0.2, -0.15) is 0 Å². The molecular formula is C14H27N3O2. The maximum Gasteiger partial charge on any atom is 0.233 e. The molecule has 1 atom stereocenters. The van der Waals surface area contributed by atoms with Gasteiger partial charge in [0.2, 0.25) is 5.91 Å². The van der Waals surface area contributed by atoms with Crippen molar-refractivity contribution in [1.82, 2.24) is 5.32 Å². The lowest BCUT2D eigenvalue weighted by molar-refractivity contribution is -0.129. The summed E-state index contributed by atoms with van der Waals surface area (Å²) in [6.07, 6.45) is 4.35. The van der Waals surface area contributed by atoms with E-state index in [1.165, 1.54) is 0 Å². The SMILES string of the molecule is CC(C)C(C)CNC(=O)C1(C(N)=NO)CCCCC1. The van der Waals surface area contributed by atoms with Crippen LogP contribution in [0.4, 0.5) is 0 Å². The van der Waals surface area contributed by atoms with Gasteiger partial charge in [-0.1, -0.05) is 45.2 Å². The van der Waals surface area contributed by atoms with Gasteiger partial charge in [-0.15, -0.1) is 0 Å². The van der Waals surface area contributed by atoms with Gasteiger partial charge < -0.3 is 16.3 Å². The number of hydrogen-bond donors (Lipinski definition) is 3. The Hall–Kier alpha value is -1.26. The first kappa shape index (κ1) is 15.8. The zero-order chi connectivity index (χ0) is 14.5. The number of oxime groups is 1. The second-order valence-corrected chi connectivity index (χ2v) is 6.06. The van der Waals surface area contributed by atoms with Crippen molar-refractivity contribution in [2.45, 2.75) is 52.9 Å². The quantitative estimate of drug-likeness (QED) is 0.309. The molecule has 0 saturated heterocycles. The smallest absolute Gasteiger partial charge is 0.233 e. The molecule has 5 heteroatoms. The summed E-state index contributed by atoms with van der Waals surface area (Å²) in [7, 11) is 0. The Morgan fingerprint density at radius 3 is 2.37 bits per heavy atom. The van der Waals surface area contributed by atoms with Crippen molar-refractivity contribution in [2.75, 3.05) is 6.54 Å². The molecule has 5 nitrogen and oxygen atoms in total. The summed E-state index contributed by atoms with van der Waals surface area (Å²) < 4.78 is 0. The molecule has 1 rings (SSSR count). The van der Waals surface area contributed by atoms with E-state index in [9.17, 15) is 4.79 Å². The first-order chi connectivity index (χ1) is 8.94. The molecule has 4 N–H and O–H groups in total. The number of hydrogen-bond acceptors (Lipinski definition) is 3. The highest BCUT2D eigenvalue weighted by Gasteiger charge is 2.43. The molecule has 0 aromatic heterocycles. The van der Waals surface area contributed by atoms with E-state index in [-0.39, 0.29) is 11.7 Å². The molecule has 1 saturated carbocycles. The Morgan fingerprint density at radius 2 is 1.89 bits per heavy atom. The van der Waals surface area contributed by atoms with E-state index in [0.717, 1.165) is 19.3 Å². The summed E-state index contributed by atoms with van der Waals surface area (Å²) in [6.45, 7) is 7.02. The van der Waals surface area contributed by atoms with Gasteiger partial charge in [0.15, 0.2) is 5.84 Å². The van der Waals surface area contributed by atoms with Gasteiger partial charge in [-0.3, -0.25) is 4.79 Å². The Bertz CT molecular complexity index is 334. The number of amidine groups is 1. The predicted octanol–water partition coefficient (Wildman–Crippen LogP) is 2.09. The highest BCUT2D eigenvalue weighted by atomic mass is 16.4. The first-order valence-corrected chi connectivity index (χ1v) is 7.20. The van der Waals surface area contributed by atoms with E-state index in [0.29, 0.717) is 31.2 Å². The fourth-order valence-electron chi connectivity index (χ4n) is 2.51. The van der Waals surface area contributed by atoms with Crippen LogP contribution >= 0.6 is 0 Å². The van der Waals surface area contributed by atoms with Crippen molar-refractivity contribution in [1.29, 1.82) is 0 Å². The van der Waals surface area contributed by atoms with Crippen LogP contribution in [0.1, 0.15) is 52.9 Å². The molecule has 1 aliphatic carbocycles. The zero-order valence-corrected chi connectivity index (χ0v) is 12.3. The fraction of sp³-hybridized carbons (Fsp3) is 0.857. The van der Waals surface area contributed by atoms with Crippen LogP contribution in [0.25, 0.3) is 0 Å². The topological polar surface area (TPSA) is 87.7 Å². The lowest BCUT2D eigenvalue weighted by atomic mass is 9.72. The zero-order valence-electron chi connectivity index (χ0n) is 12.3. The van der Waals surface area contributed by atoms with Crippen molar-refractivity contribution in [3.8, 4) is 0 Å². The van der Waals surface area contributed by atoms with Crippen LogP contribution in [0, 0.1) is 17.3 Å². The Balaban J connectivity index is 2.73. The van der Waals surface area contributed by atoms with Gasteiger partial charge in [0.25, 0.3) is 0 Å². The number of amides is 1. The van der Waals surface area contributed by atoms with Gasteiger partial charge in [0, 0.05) is 6.54 Å². The van der Waals surface area contributed by atoms with Crippen LogP contribution in [-0.2, 0) is 4.79 Å². The number of rotatable bonds is 5. The number of nitrogens with zero attached hydrogens (tertiary/aromatic N) is 1. The molecule has 0 heterocycles. The van der Waals surface area contributed by atoms with Crippen molar-refractivity contribution >= 4 is 11.7 Å². The molecule has 19 heavy (non-hydrogen) atoms. The van der Waals surface area contributed by atoms with E-state index in [2.05, 4.69) is 31.2 Å². The average molecular weight is 269 g/mol. The number of nitrogens with two attached hydrogens (primary N) is 1. The largest absolute Gasteiger partial charge is 0.409 e. The molecule has 1 unspecified atom stereocenters. The fourth-order valence-corrected chi connectivity index (χ4v) is 2.51. The van der Waals surface area contributed by atoms with Crippen LogP contribution in [-0.4, -0.2) is 23.5 Å². The third-order valence-electron chi connectivity index (χ3n) is 4.46. The van der Waals surface area contributed by atoms with E-state index in [4.69, 9.17) is 10.9 Å². The number of carbonyl (C=O) groups is 1. The summed E-state index contributed by atoms with van der Waals surface area (Å²) in [5.41, 5.74) is 4.99. The lowest BCUT2D eigenvalue weighted by Gasteiger charge is -2.34. The molecule has 0 bridgehead atoms. The maximum absolute atomic E-state index is 12.5. The highest BCUT2D eigenvalue weighted by molar-refractivity contribution is 6.06. The minimum Gasteiger partial charge on any atom is -0.409 e. The monoisotopic (exact) mass is 269 g/mol. The molecule has 110 valence electrons. The maximum atomic E-state index is 12.5. The van der Waals surface area contributed by atoms with Crippen molar-refractivity contribution < 1.29 is 10.0 Å². The molecular weight excluding hydrogens is 242 g/mol. The Labute approximate surface area is 115 Å². The molecule has 1 amide bonds. The second-order valence-electron chi connectivity index (χ2n) is 6.06. The molecule has 0 radical (unpaired) electrons. The van der Waals surface area contributed by atoms with Crippen molar-refractivity contribution in [3.63, 3.8) is 0 Å². The van der Waals surface area contributed by atoms with Gasteiger partial charge >= 0.3 is 0 Å². The Morgan fingerprint density at radius 1 is 1.32 bits per heavy atom. The average Bonchev–Trinajstić information content (AvgIpc) is 2.43. The lowest BCUT2D eigenvalue weighted by Crippen LogP contribution is -2.51. The van der Waals surface area contributed by atoms with Gasteiger partial charge in [-0.25, -0.2) is 0 Å². The molecule has 0 aliphatic heterocycles. The number of carbonyl (C=O) groups excluding carboxylic acids is 1. The van der Waals surface area contributed by atoms with E-state index < -0.39 is 5.41 Å². The van der Waals surface area contributed by atoms with Crippen LogP contribution in [0.2, 0.25) is 0 Å². The summed E-state index contributed by atoms with van der Waals surface area (Å²) in [5, 5.41) is 15.0. The summed E-state index contributed by atoms with van der Waals surface area (Å²) in [6, 6.07) is 0. The molecule has 0 aromatic carbocycles. The van der Waals surface area contributed by atoms with Crippen molar-refractivity contribution in [2.24, 2.45) is 28.1 Å². The summed E-state index contributed by atoms with van der Waals surface area (Å²) >= 11 is 0. The Kier molecular flexibility index (Phi) is 5.63. The minimum atomic E-state index is -0.802. The summed E-state index contributed by atoms with van der Waals surface area (Å²) in [5.74, 6) is 0.903. The van der Waals surface area contributed by atoms with Crippen LogP contribution in [0.5, 0.6) is 0 Å². The van der Waals surface area contributed by atoms with E-state index >= 15 is 0 Å².